The highest BCUT2D eigenvalue weighted by atomic mass is 32.2. The van der Waals surface area contributed by atoms with Gasteiger partial charge in [-0.05, 0) is 43.9 Å². The number of hydrogen-bond donors (Lipinski definition) is 2. The lowest BCUT2D eigenvalue weighted by atomic mass is 9.88. The van der Waals surface area contributed by atoms with Crippen molar-refractivity contribution in [2.75, 3.05) is 16.8 Å². The molecule has 0 amide bonds. The summed E-state index contributed by atoms with van der Waals surface area (Å²) >= 11 is 0. The van der Waals surface area contributed by atoms with E-state index in [1.54, 1.807) is 19.1 Å². The molecule has 34 heavy (non-hydrogen) atoms. The van der Waals surface area contributed by atoms with E-state index in [9.17, 15) is 27.1 Å². The Balaban J connectivity index is 1.78. The highest BCUT2D eigenvalue weighted by Gasteiger charge is 2.39. The average Bonchev–Trinajstić information content (AvgIpc) is 2.78. The second kappa shape index (κ2) is 8.70. The predicted octanol–water partition coefficient (Wildman–Crippen LogP) is 3.14. The van der Waals surface area contributed by atoms with Crippen molar-refractivity contribution in [1.82, 2.24) is 14.5 Å². The largest absolute Gasteiger partial charge is 0.385 e. The van der Waals surface area contributed by atoms with Crippen LogP contribution in [0, 0.1) is 6.92 Å². The highest BCUT2D eigenvalue weighted by molar-refractivity contribution is 7.91. The lowest BCUT2D eigenvalue weighted by Gasteiger charge is -2.32. The van der Waals surface area contributed by atoms with Gasteiger partial charge in [0.2, 0.25) is 0 Å². The Kier molecular flexibility index (Phi) is 6.19. The van der Waals surface area contributed by atoms with Crippen molar-refractivity contribution in [2.45, 2.75) is 44.8 Å². The summed E-state index contributed by atoms with van der Waals surface area (Å²) in [6.45, 7) is 3.45. The van der Waals surface area contributed by atoms with Gasteiger partial charge in [-0.3, -0.25) is 9.36 Å². The number of benzene rings is 1. The number of halogens is 2. The first-order valence-electron chi connectivity index (χ1n) is 10.9. The molecule has 2 N–H and O–H groups in total. The Labute approximate surface area is 195 Å². The van der Waals surface area contributed by atoms with Crippen molar-refractivity contribution >= 4 is 26.7 Å². The van der Waals surface area contributed by atoms with Gasteiger partial charge in [0.25, 0.3) is 12.0 Å². The van der Waals surface area contributed by atoms with Crippen LogP contribution in [0.1, 0.15) is 54.5 Å². The molecule has 3 aromatic rings. The molecule has 0 aliphatic carbocycles. The maximum Gasteiger partial charge on any atom is 0.264 e. The number of aryl methyl sites for hydroxylation is 1. The molecular weight excluding hydrogens is 466 g/mol. The summed E-state index contributed by atoms with van der Waals surface area (Å²) in [5.74, 6) is -0.0568. The molecule has 0 bridgehead atoms. The second-order valence-corrected chi connectivity index (χ2v) is 11.1. The van der Waals surface area contributed by atoms with Crippen molar-refractivity contribution in [3.8, 4) is 0 Å². The topological polar surface area (TPSA) is 114 Å². The molecule has 0 spiro atoms. The van der Waals surface area contributed by atoms with Crippen molar-refractivity contribution < 1.29 is 22.3 Å². The van der Waals surface area contributed by atoms with Gasteiger partial charge < -0.3 is 10.4 Å². The van der Waals surface area contributed by atoms with Crippen LogP contribution in [-0.4, -0.2) is 39.6 Å². The minimum absolute atomic E-state index is 0.0437. The quantitative estimate of drug-likeness (QED) is 0.562. The number of alkyl halides is 2. The van der Waals surface area contributed by atoms with Gasteiger partial charge in [0.05, 0.1) is 28.5 Å². The summed E-state index contributed by atoms with van der Waals surface area (Å²) < 4.78 is 51.7. The summed E-state index contributed by atoms with van der Waals surface area (Å²) in [4.78, 5) is 21.6. The van der Waals surface area contributed by atoms with Gasteiger partial charge in [-0.15, -0.1) is 0 Å². The molecular formula is C23H26F2N4O4S. The van der Waals surface area contributed by atoms with Crippen LogP contribution >= 0.6 is 0 Å². The SMILES string of the molecule is Cc1c(C(F)F)cccc1[C@@H](C)Nc1ncnc2c1cc(C1(O)CCS(=O)(=O)CC1)c(=O)n2C. The molecule has 1 fully saturated rings. The van der Waals surface area contributed by atoms with Gasteiger partial charge in [0.15, 0.2) is 9.84 Å². The third kappa shape index (κ3) is 4.29. The molecule has 1 atom stereocenters. The fourth-order valence-corrected chi connectivity index (χ4v) is 6.02. The summed E-state index contributed by atoms with van der Waals surface area (Å²) in [5.41, 5.74) is -0.546. The zero-order valence-corrected chi connectivity index (χ0v) is 19.9. The zero-order chi connectivity index (χ0) is 24.8. The van der Waals surface area contributed by atoms with Crippen LogP contribution in [0.5, 0.6) is 0 Å². The third-order valence-corrected chi connectivity index (χ3v) is 8.28. The lowest BCUT2D eigenvalue weighted by Crippen LogP contribution is -2.42. The smallest absolute Gasteiger partial charge is 0.264 e. The van der Waals surface area contributed by atoms with E-state index in [2.05, 4.69) is 15.3 Å². The Bertz CT molecular complexity index is 1410. The normalized spacial score (nSPS) is 18.2. The number of fused-ring (bicyclic) bond motifs is 1. The molecule has 0 radical (unpaired) electrons. The van der Waals surface area contributed by atoms with Crippen LogP contribution in [0.3, 0.4) is 0 Å². The summed E-state index contributed by atoms with van der Waals surface area (Å²) in [5, 5.41) is 14.9. The maximum absolute atomic E-state index is 13.4. The molecule has 182 valence electrons. The Morgan fingerprint density at radius 3 is 2.47 bits per heavy atom. The van der Waals surface area contributed by atoms with Crippen LogP contribution in [0.4, 0.5) is 14.6 Å². The third-order valence-electron chi connectivity index (χ3n) is 6.63. The average molecular weight is 493 g/mol. The van der Waals surface area contributed by atoms with Crippen LogP contribution in [0.2, 0.25) is 0 Å². The molecule has 11 heteroatoms. The molecule has 1 aliphatic rings. The first-order chi connectivity index (χ1) is 15.9. The van der Waals surface area contributed by atoms with E-state index in [1.807, 2.05) is 6.92 Å². The maximum atomic E-state index is 13.4. The minimum atomic E-state index is -3.26. The van der Waals surface area contributed by atoms with Crippen LogP contribution in [0.15, 0.2) is 35.4 Å². The number of nitrogens with zero attached hydrogens (tertiary/aromatic N) is 3. The lowest BCUT2D eigenvalue weighted by molar-refractivity contribution is 0.0248. The molecule has 1 aliphatic heterocycles. The van der Waals surface area contributed by atoms with E-state index in [0.29, 0.717) is 28.0 Å². The highest BCUT2D eigenvalue weighted by Crippen LogP contribution is 2.35. The van der Waals surface area contributed by atoms with Gasteiger partial charge in [-0.25, -0.2) is 27.2 Å². The predicted molar refractivity (Wildman–Crippen MR) is 125 cm³/mol. The molecule has 4 rings (SSSR count). The molecule has 1 saturated heterocycles. The van der Waals surface area contributed by atoms with E-state index >= 15 is 0 Å². The first kappa shape index (κ1) is 24.2. The van der Waals surface area contributed by atoms with Gasteiger partial charge in [0, 0.05) is 18.2 Å². The van der Waals surface area contributed by atoms with E-state index in [-0.39, 0.29) is 35.5 Å². The Morgan fingerprint density at radius 2 is 1.82 bits per heavy atom. The molecule has 0 unspecified atom stereocenters. The summed E-state index contributed by atoms with van der Waals surface area (Å²) in [6, 6.07) is 5.83. The number of rotatable bonds is 5. The fourth-order valence-electron chi connectivity index (χ4n) is 4.52. The van der Waals surface area contributed by atoms with Crippen LogP contribution < -0.4 is 10.9 Å². The van der Waals surface area contributed by atoms with Crippen LogP contribution in [-0.2, 0) is 22.5 Å². The van der Waals surface area contributed by atoms with Gasteiger partial charge >= 0.3 is 0 Å². The number of hydrogen-bond acceptors (Lipinski definition) is 7. The monoisotopic (exact) mass is 492 g/mol. The number of anilines is 1. The minimum Gasteiger partial charge on any atom is -0.385 e. The Morgan fingerprint density at radius 1 is 1.18 bits per heavy atom. The number of aromatic nitrogens is 3. The summed E-state index contributed by atoms with van der Waals surface area (Å²) in [7, 11) is -1.73. The van der Waals surface area contributed by atoms with Crippen molar-refractivity contribution in [1.29, 1.82) is 0 Å². The Hall–Kier alpha value is -2.92. The number of aliphatic hydroxyl groups is 1. The van der Waals surface area contributed by atoms with Gasteiger partial charge in [0.1, 0.15) is 17.8 Å². The first-order valence-corrected chi connectivity index (χ1v) is 12.7. The number of pyridine rings is 1. The van der Waals surface area contributed by atoms with Crippen molar-refractivity contribution in [3.63, 3.8) is 0 Å². The van der Waals surface area contributed by atoms with E-state index in [0.717, 1.165) is 0 Å². The molecule has 1 aromatic carbocycles. The zero-order valence-electron chi connectivity index (χ0n) is 19.0. The van der Waals surface area contributed by atoms with Gasteiger partial charge in [-0.1, -0.05) is 18.2 Å². The van der Waals surface area contributed by atoms with Crippen molar-refractivity contribution in [2.24, 2.45) is 7.05 Å². The van der Waals surface area contributed by atoms with Gasteiger partial charge in [-0.2, -0.15) is 0 Å². The van der Waals surface area contributed by atoms with E-state index in [1.165, 1.54) is 30.1 Å². The molecule has 3 heterocycles. The van der Waals surface area contributed by atoms with E-state index < -0.39 is 33.5 Å². The number of nitrogens with one attached hydrogen (secondary N) is 1. The molecule has 2 aromatic heterocycles. The molecule has 8 nitrogen and oxygen atoms in total. The standard InChI is InChI=1S/C23H26F2N4O4S/c1-13-15(5-4-6-16(13)19(24)25)14(2)28-20-17-11-18(22(30)29(3)21(17)27-12-26-20)23(31)7-9-34(32,33)10-8-23/h4-6,11-12,14,19,31H,7-10H2,1-3H3,(H,26,27,28)/t14-/m1/s1. The van der Waals surface area contributed by atoms with Crippen molar-refractivity contribution in [3.05, 3.63) is 63.2 Å². The van der Waals surface area contributed by atoms with Crippen LogP contribution in [0.25, 0.3) is 11.0 Å². The fraction of sp³-hybridized carbons (Fsp3) is 0.435. The number of sulfone groups is 1. The summed E-state index contributed by atoms with van der Waals surface area (Å²) in [6.07, 6.45) is -1.46. The molecule has 0 saturated carbocycles. The van der Waals surface area contributed by atoms with E-state index in [4.69, 9.17) is 0 Å². The second-order valence-electron chi connectivity index (χ2n) is 8.79.